The summed E-state index contributed by atoms with van der Waals surface area (Å²) < 4.78 is 15.2. The van der Waals surface area contributed by atoms with Crippen LogP contribution in [0.3, 0.4) is 0 Å². The Balaban J connectivity index is 1.48. The van der Waals surface area contributed by atoms with Gasteiger partial charge in [-0.1, -0.05) is 13.8 Å². The van der Waals surface area contributed by atoms with E-state index in [4.69, 9.17) is 0 Å². The van der Waals surface area contributed by atoms with E-state index in [1.54, 1.807) is 24.7 Å². The maximum absolute atomic E-state index is 15.2. The fraction of sp³-hybridized carbons (Fsp3) is 0.450. The lowest BCUT2D eigenvalue weighted by atomic mass is 9.92. The second-order valence-electron chi connectivity index (χ2n) is 7.87. The summed E-state index contributed by atoms with van der Waals surface area (Å²) in [5, 5.41) is 11.6. The van der Waals surface area contributed by atoms with E-state index >= 15 is 4.39 Å². The number of nitrogens with zero attached hydrogens (tertiary/aromatic N) is 6. The maximum Gasteiger partial charge on any atom is 0.264 e. The second-order valence-corrected chi connectivity index (χ2v) is 7.87. The number of aromatic nitrogens is 5. The Hall–Kier alpha value is -2.94. The Labute approximate surface area is 168 Å². The molecule has 1 amide bonds. The van der Waals surface area contributed by atoms with Crippen LogP contribution < -0.4 is 5.32 Å². The Bertz CT molecular complexity index is 997. The first-order chi connectivity index (χ1) is 13.9. The van der Waals surface area contributed by atoms with Gasteiger partial charge in [0.1, 0.15) is 0 Å². The standard InChI is InChI=1S/C20H24FN7O/c1-14(2)13-27-9-5-20(21,6-10-27)18(29)26-19-22-12-15-3-4-16(11-17(15)25-19)28-23-7-8-24-28/h3-4,7-8,11-12,14H,5-6,9-10,13H2,1-2H3,(H,22,25,26,29). The number of benzene rings is 1. The molecule has 8 nitrogen and oxygen atoms in total. The van der Waals surface area contributed by atoms with Crippen molar-refractivity contribution in [3.8, 4) is 5.69 Å². The van der Waals surface area contributed by atoms with Crippen LogP contribution in [0.4, 0.5) is 10.3 Å². The van der Waals surface area contributed by atoms with Gasteiger partial charge in [0.25, 0.3) is 5.91 Å². The number of carbonyl (C=O) groups excluding carboxylic acids is 1. The Kier molecular flexibility index (Phi) is 5.23. The van der Waals surface area contributed by atoms with Crippen LogP contribution in [0.1, 0.15) is 26.7 Å². The number of carbonyl (C=O) groups is 1. The van der Waals surface area contributed by atoms with E-state index in [-0.39, 0.29) is 18.8 Å². The van der Waals surface area contributed by atoms with Gasteiger partial charge in [-0.05, 0) is 24.1 Å². The Morgan fingerprint density at radius 3 is 2.66 bits per heavy atom. The van der Waals surface area contributed by atoms with Crippen LogP contribution in [0.25, 0.3) is 16.6 Å². The van der Waals surface area contributed by atoms with Gasteiger partial charge in [-0.15, -0.1) is 0 Å². The molecule has 3 heterocycles. The summed E-state index contributed by atoms with van der Waals surface area (Å²) in [7, 11) is 0. The monoisotopic (exact) mass is 397 g/mol. The highest BCUT2D eigenvalue weighted by atomic mass is 19.1. The van der Waals surface area contributed by atoms with Crippen LogP contribution in [0.2, 0.25) is 0 Å². The van der Waals surface area contributed by atoms with Crippen molar-refractivity contribution in [1.29, 1.82) is 0 Å². The number of alkyl halides is 1. The zero-order valence-corrected chi connectivity index (χ0v) is 16.5. The first kappa shape index (κ1) is 19.4. The van der Waals surface area contributed by atoms with Crippen LogP contribution in [0, 0.1) is 5.92 Å². The van der Waals surface area contributed by atoms with Crippen LogP contribution in [0.15, 0.2) is 36.8 Å². The smallest absolute Gasteiger partial charge is 0.264 e. The number of piperidine rings is 1. The third-order valence-corrected chi connectivity index (χ3v) is 5.12. The summed E-state index contributed by atoms with van der Waals surface area (Å²) in [5.74, 6) is -0.0653. The molecular formula is C20H24FN7O. The molecule has 0 saturated carbocycles. The van der Waals surface area contributed by atoms with Crippen LogP contribution in [0.5, 0.6) is 0 Å². The molecule has 152 valence electrons. The lowest BCUT2D eigenvalue weighted by Gasteiger charge is -2.35. The zero-order valence-electron chi connectivity index (χ0n) is 16.5. The van der Waals surface area contributed by atoms with Crippen molar-refractivity contribution in [2.45, 2.75) is 32.4 Å². The average molecular weight is 397 g/mol. The van der Waals surface area contributed by atoms with Gasteiger partial charge in [-0.2, -0.15) is 15.0 Å². The van der Waals surface area contributed by atoms with Crippen LogP contribution in [-0.2, 0) is 4.79 Å². The molecule has 2 aromatic heterocycles. The number of hydrogen-bond donors (Lipinski definition) is 1. The molecule has 0 aliphatic carbocycles. The number of rotatable bonds is 5. The van der Waals surface area contributed by atoms with Crippen molar-refractivity contribution in [3.63, 3.8) is 0 Å². The van der Waals surface area contributed by atoms with Gasteiger partial charge in [0.2, 0.25) is 5.95 Å². The molecule has 4 rings (SSSR count). The summed E-state index contributed by atoms with van der Waals surface area (Å²) in [6, 6.07) is 5.49. The van der Waals surface area contributed by atoms with Crippen molar-refractivity contribution in [2.75, 3.05) is 25.0 Å². The molecule has 0 unspecified atom stereocenters. The molecule has 1 aliphatic heterocycles. The number of fused-ring (bicyclic) bond motifs is 1. The fourth-order valence-electron chi connectivity index (χ4n) is 3.59. The average Bonchev–Trinajstić information content (AvgIpc) is 3.24. The molecule has 29 heavy (non-hydrogen) atoms. The lowest BCUT2D eigenvalue weighted by molar-refractivity contribution is -0.130. The van der Waals surface area contributed by atoms with E-state index in [0.29, 0.717) is 24.5 Å². The fourth-order valence-corrected chi connectivity index (χ4v) is 3.59. The van der Waals surface area contributed by atoms with Crippen molar-refractivity contribution in [3.05, 3.63) is 36.8 Å². The normalized spacial score (nSPS) is 17.0. The molecule has 0 spiro atoms. The van der Waals surface area contributed by atoms with Gasteiger partial charge in [-0.25, -0.2) is 14.4 Å². The summed E-state index contributed by atoms with van der Waals surface area (Å²) in [4.78, 5) is 24.8. The predicted octanol–water partition coefficient (Wildman–Crippen LogP) is 2.61. The maximum atomic E-state index is 15.2. The summed E-state index contributed by atoms with van der Waals surface area (Å²) in [6.45, 7) is 6.32. The van der Waals surface area contributed by atoms with Crippen molar-refractivity contribution in [2.24, 2.45) is 5.92 Å². The van der Waals surface area contributed by atoms with Gasteiger partial charge in [0.05, 0.1) is 23.6 Å². The molecule has 1 N–H and O–H groups in total. The summed E-state index contributed by atoms with van der Waals surface area (Å²) in [5.41, 5.74) is -0.546. The molecule has 1 saturated heterocycles. The summed E-state index contributed by atoms with van der Waals surface area (Å²) >= 11 is 0. The minimum atomic E-state index is -1.90. The number of amides is 1. The molecule has 1 fully saturated rings. The Morgan fingerprint density at radius 1 is 1.24 bits per heavy atom. The minimum absolute atomic E-state index is 0.0923. The number of nitrogens with one attached hydrogen (secondary N) is 1. The first-order valence-corrected chi connectivity index (χ1v) is 9.79. The largest absolute Gasteiger partial charge is 0.303 e. The highest BCUT2D eigenvalue weighted by Crippen LogP contribution is 2.28. The van der Waals surface area contributed by atoms with Crippen molar-refractivity contribution >= 4 is 22.8 Å². The molecule has 1 aliphatic rings. The van der Waals surface area contributed by atoms with Gasteiger partial charge >= 0.3 is 0 Å². The van der Waals surface area contributed by atoms with Crippen molar-refractivity contribution in [1.82, 2.24) is 29.9 Å². The summed E-state index contributed by atoms with van der Waals surface area (Å²) in [6.07, 6.45) is 5.13. The van der Waals surface area contributed by atoms with Gasteiger partial charge in [-0.3, -0.25) is 10.1 Å². The van der Waals surface area contributed by atoms with E-state index in [9.17, 15) is 4.79 Å². The lowest BCUT2D eigenvalue weighted by Crippen LogP contribution is -2.49. The molecule has 1 aromatic carbocycles. The Morgan fingerprint density at radius 2 is 1.97 bits per heavy atom. The van der Waals surface area contributed by atoms with Crippen LogP contribution in [-0.4, -0.2) is 61.1 Å². The number of likely N-dealkylation sites (tertiary alicyclic amines) is 1. The SMILES string of the molecule is CC(C)CN1CCC(F)(C(=O)Nc2ncc3ccc(-n4nccn4)cc3n2)CC1. The van der Waals surface area contributed by atoms with Gasteiger partial charge in [0.15, 0.2) is 5.67 Å². The molecule has 3 aromatic rings. The third-order valence-electron chi connectivity index (χ3n) is 5.12. The quantitative estimate of drug-likeness (QED) is 0.712. The first-order valence-electron chi connectivity index (χ1n) is 9.79. The number of hydrogen-bond acceptors (Lipinski definition) is 6. The second kappa shape index (κ2) is 7.82. The zero-order chi connectivity index (χ0) is 20.4. The predicted molar refractivity (Wildman–Crippen MR) is 107 cm³/mol. The van der Waals surface area contributed by atoms with Crippen molar-refractivity contribution < 1.29 is 9.18 Å². The van der Waals surface area contributed by atoms with Crippen LogP contribution >= 0.6 is 0 Å². The van der Waals surface area contributed by atoms with E-state index in [2.05, 4.69) is 44.2 Å². The molecule has 0 radical (unpaired) electrons. The van der Waals surface area contributed by atoms with E-state index in [1.165, 1.54) is 4.80 Å². The number of anilines is 1. The minimum Gasteiger partial charge on any atom is -0.303 e. The van der Waals surface area contributed by atoms with Gasteiger partial charge in [0, 0.05) is 44.1 Å². The topological polar surface area (TPSA) is 88.8 Å². The highest BCUT2D eigenvalue weighted by molar-refractivity contribution is 5.96. The molecule has 9 heteroatoms. The van der Waals surface area contributed by atoms with E-state index in [1.807, 2.05) is 12.1 Å². The van der Waals surface area contributed by atoms with E-state index < -0.39 is 11.6 Å². The van der Waals surface area contributed by atoms with E-state index in [0.717, 1.165) is 17.6 Å². The molecular weight excluding hydrogens is 373 g/mol. The molecule has 0 atom stereocenters. The number of halogens is 1. The van der Waals surface area contributed by atoms with Gasteiger partial charge < -0.3 is 4.90 Å². The molecule has 0 bridgehead atoms. The third kappa shape index (κ3) is 4.24. The highest BCUT2D eigenvalue weighted by Gasteiger charge is 2.42.